The van der Waals surface area contributed by atoms with Crippen molar-refractivity contribution in [3.63, 3.8) is 0 Å². The van der Waals surface area contributed by atoms with Crippen LogP contribution >= 0.6 is 11.8 Å². The summed E-state index contributed by atoms with van der Waals surface area (Å²) in [6, 6.07) is 15.1. The molecular weight excluding hydrogens is 440 g/mol. The SMILES string of the molecule is C#CCN(CC(=O)O)C(=O)[C@H](CCSC)NC(=O)OCC1c2ccccc2-c2ccccc21. The Morgan fingerprint density at radius 3 is 2.30 bits per heavy atom. The fourth-order valence-corrected chi connectivity index (χ4v) is 4.45. The number of fused-ring (bicyclic) bond motifs is 3. The molecule has 1 atom stereocenters. The van der Waals surface area contributed by atoms with Gasteiger partial charge in [0.2, 0.25) is 5.91 Å². The molecule has 2 aromatic carbocycles. The lowest BCUT2D eigenvalue weighted by molar-refractivity contribution is -0.144. The van der Waals surface area contributed by atoms with Crippen LogP contribution < -0.4 is 5.32 Å². The van der Waals surface area contributed by atoms with Gasteiger partial charge in [0.05, 0.1) is 6.54 Å². The van der Waals surface area contributed by atoms with Crippen LogP contribution in [0.25, 0.3) is 11.1 Å². The third-order valence-electron chi connectivity index (χ3n) is 5.46. The van der Waals surface area contributed by atoms with E-state index in [0.717, 1.165) is 27.2 Å². The van der Waals surface area contributed by atoms with Crippen LogP contribution in [0.2, 0.25) is 0 Å². The van der Waals surface area contributed by atoms with Crippen molar-refractivity contribution in [3.8, 4) is 23.5 Å². The van der Waals surface area contributed by atoms with E-state index in [4.69, 9.17) is 16.3 Å². The lowest BCUT2D eigenvalue weighted by Gasteiger charge is -2.25. The quantitative estimate of drug-likeness (QED) is 0.522. The van der Waals surface area contributed by atoms with Crippen molar-refractivity contribution in [2.45, 2.75) is 18.4 Å². The second-order valence-electron chi connectivity index (χ2n) is 7.60. The summed E-state index contributed by atoms with van der Waals surface area (Å²) in [7, 11) is 0. The van der Waals surface area contributed by atoms with Crippen molar-refractivity contribution < 1.29 is 24.2 Å². The van der Waals surface area contributed by atoms with Gasteiger partial charge in [-0.05, 0) is 40.7 Å². The van der Waals surface area contributed by atoms with E-state index in [1.807, 2.05) is 54.8 Å². The zero-order valence-electron chi connectivity index (χ0n) is 18.3. The van der Waals surface area contributed by atoms with E-state index in [1.54, 1.807) is 0 Å². The van der Waals surface area contributed by atoms with Crippen LogP contribution in [-0.2, 0) is 14.3 Å². The number of nitrogens with zero attached hydrogens (tertiary/aromatic N) is 1. The first-order valence-electron chi connectivity index (χ1n) is 10.5. The zero-order valence-corrected chi connectivity index (χ0v) is 19.1. The Kier molecular flexibility index (Phi) is 8.39. The maximum Gasteiger partial charge on any atom is 0.407 e. The van der Waals surface area contributed by atoms with Crippen molar-refractivity contribution in [2.24, 2.45) is 0 Å². The standard InChI is InChI=1S/C25H26N2O5S/c1-3-13-27(15-23(28)29)24(30)22(12-14-33-2)26-25(31)32-16-21-19-10-6-4-8-17(19)18-9-5-7-11-20(18)21/h1,4-11,21-22H,12-16H2,2H3,(H,26,31)(H,28,29)/t22-/m0/s1. The van der Waals surface area contributed by atoms with Crippen LogP contribution in [0.5, 0.6) is 0 Å². The smallest absolute Gasteiger partial charge is 0.407 e. The number of carboxylic acid groups (broad SMARTS) is 1. The van der Waals surface area contributed by atoms with E-state index in [9.17, 15) is 14.4 Å². The average molecular weight is 467 g/mol. The fourth-order valence-electron chi connectivity index (χ4n) is 3.98. The molecule has 8 heteroatoms. The third-order valence-corrected chi connectivity index (χ3v) is 6.11. The van der Waals surface area contributed by atoms with Crippen LogP contribution in [0, 0.1) is 12.3 Å². The lowest BCUT2D eigenvalue weighted by atomic mass is 9.98. The fraction of sp³-hybridized carbons (Fsp3) is 0.320. The van der Waals surface area contributed by atoms with Gasteiger partial charge in [0, 0.05) is 5.92 Å². The van der Waals surface area contributed by atoms with Gasteiger partial charge in [-0.1, -0.05) is 54.5 Å². The highest BCUT2D eigenvalue weighted by Crippen LogP contribution is 2.44. The van der Waals surface area contributed by atoms with Crippen molar-refractivity contribution >= 4 is 29.7 Å². The number of carbonyl (C=O) groups is 3. The monoisotopic (exact) mass is 466 g/mol. The van der Waals surface area contributed by atoms with E-state index in [0.29, 0.717) is 12.2 Å². The molecule has 0 bridgehead atoms. The van der Waals surface area contributed by atoms with Crippen molar-refractivity contribution in [1.29, 1.82) is 0 Å². The van der Waals surface area contributed by atoms with Crippen molar-refractivity contribution in [2.75, 3.05) is 31.7 Å². The minimum absolute atomic E-state index is 0.103. The Balaban J connectivity index is 1.69. The van der Waals surface area contributed by atoms with Gasteiger partial charge in [0.25, 0.3) is 0 Å². The van der Waals surface area contributed by atoms with E-state index in [-0.39, 0.29) is 19.1 Å². The minimum atomic E-state index is -1.18. The molecule has 1 aliphatic rings. The molecule has 2 N–H and O–H groups in total. The zero-order chi connectivity index (χ0) is 23.8. The Morgan fingerprint density at radius 2 is 1.76 bits per heavy atom. The summed E-state index contributed by atoms with van der Waals surface area (Å²) in [6.45, 7) is -0.578. The molecule has 0 saturated heterocycles. The number of alkyl carbamates (subject to hydrolysis) is 1. The van der Waals surface area contributed by atoms with Gasteiger partial charge in [-0.2, -0.15) is 11.8 Å². The number of terminal acetylenes is 1. The first-order chi connectivity index (χ1) is 16.0. The maximum atomic E-state index is 12.9. The molecular formula is C25H26N2O5S. The Bertz CT molecular complexity index is 1020. The molecule has 0 radical (unpaired) electrons. The predicted molar refractivity (Wildman–Crippen MR) is 128 cm³/mol. The molecule has 3 rings (SSSR count). The number of ether oxygens (including phenoxy) is 1. The summed E-state index contributed by atoms with van der Waals surface area (Å²) in [6.07, 6.45) is 6.76. The predicted octanol–water partition coefficient (Wildman–Crippen LogP) is 3.19. The van der Waals surface area contributed by atoms with Gasteiger partial charge >= 0.3 is 12.1 Å². The summed E-state index contributed by atoms with van der Waals surface area (Å²) in [5.74, 6) is 1.06. The number of hydrogen-bond donors (Lipinski definition) is 2. The summed E-state index contributed by atoms with van der Waals surface area (Å²) < 4.78 is 5.54. The number of nitrogens with one attached hydrogen (secondary N) is 1. The molecule has 33 heavy (non-hydrogen) atoms. The van der Waals surface area contributed by atoms with Gasteiger partial charge in [-0.15, -0.1) is 6.42 Å². The molecule has 0 aliphatic heterocycles. The molecule has 2 amide bonds. The number of hydrogen-bond acceptors (Lipinski definition) is 5. The lowest BCUT2D eigenvalue weighted by Crippen LogP contribution is -2.50. The number of amides is 2. The molecule has 7 nitrogen and oxygen atoms in total. The molecule has 1 aliphatic carbocycles. The number of carbonyl (C=O) groups excluding carboxylic acids is 2. The second kappa shape index (κ2) is 11.4. The van der Waals surface area contributed by atoms with Crippen LogP contribution in [0.1, 0.15) is 23.5 Å². The van der Waals surface area contributed by atoms with E-state index in [2.05, 4.69) is 11.2 Å². The third kappa shape index (κ3) is 5.88. The summed E-state index contributed by atoms with van der Waals surface area (Å²) in [4.78, 5) is 37.7. The van der Waals surface area contributed by atoms with Gasteiger partial charge in [0.1, 0.15) is 19.2 Å². The van der Waals surface area contributed by atoms with Crippen LogP contribution in [0.15, 0.2) is 48.5 Å². The topological polar surface area (TPSA) is 95.9 Å². The summed E-state index contributed by atoms with van der Waals surface area (Å²) >= 11 is 1.51. The van der Waals surface area contributed by atoms with E-state index < -0.39 is 30.6 Å². The minimum Gasteiger partial charge on any atom is -0.480 e. The molecule has 172 valence electrons. The number of carboxylic acids is 1. The molecule has 0 fully saturated rings. The van der Waals surface area contributed by atoms with Gasteiger partial charge in [0.15, 0.2) is 0 Å². The molecule has 0 spiro atoms. The Morgan fingerprint density at radius 1 is 1.15 bits per heavy atom. The average Bonchev–Trinajstić information content (AvgIpc) is 3.13. The Hall–Kier alpha value is -3.44. The molecule has 0 aromatic heterocycles. The number of rotatable bonds is 10. The largest absolute Gasteiger partial charge is 0.480 e. The van der Waals surface area contributed by atoms with E-state index in [1.165, 1.54) is 11.8 Å². The van der Waals surface area contributed by atoms with Crippen LogP contribution in [0.3, 0.4) is 0 Å². The maximum absolute atomic E-state index is 12.9. The number of thioether (sulfide) groups is 1. The number of benzene rings is 2. The van der Waals surface area contributed by atoms with Gasteiger partial charge in [-0.25, -0.2) is 4.79 Å². The molecule has 0 saturated carbocycles. The van der Waals surface area contributed by atoms with Crippen LogP contribution in [0.4, 0.5) is 4.79 Å². The first kappa shape index (κ1) is 24.2. The summed E-state index contributed by atoms with van der Waals surface area (Å²) in [5.41, 5.74) is 4.41. The van der Waals surface area contributed by atoms with Gasteiger partial charge < -0.3 is 20.1 Å². The molecule has 0 heterocycles. The van der Waals surface area contributed by atoms with Crippen molar-refractivity contribution in [1.82, 2.24) is 10.2 Å². The van der Waals surface area contributed by atoms with Crippen LogP contribution in [-0.4, -0.2) is 65.7 Å². The molecule has 2 aromatic rings. The highest BCUT2D eigenvalue weighted by atomic mass is 32.2. The van der Waals surface area contributed by atoms with Gasteiger partial charge in [-0.3, -0.25) is 9.59 Å². The highest BCUT2D eigenvalue weighted by molar-refractivity contribution is 7.98. The first-order valence-corrected chi connectivity index (χ1v) is 11.9. The second-order valence-corrected chi connectivity index (χ2v) is 8.58. The van der Waals surface area contributed by atoms with Crippen molar-refractivity contribution in [3.05, 3.63) is 59.7 Å². The highest BCUT2D eigenvalue weighted by Gasteiger charge is 2.31. The number of aliphatic carboxylic acids is 1. The molecule has 0 unspecified atom stereocenters. The van der Waals surface area contributed by atoms with E-state index >= 15 is 0 Å². The summed E-state index contributed by atoms with van der Waals surface area (Å²) in [5, 5.41) is 11.7. The normalized spacial score (nSPS) is 12.7. The Labute approximate surface area is 197 Å².